The molecular weight excluding hydrogens is 393 g/mol. The highest BCUT2D eigenvalue weighted by Crippen LogP contribution is 2.59. The van der Waals surface area contributed by atoms with Crippen molar-refractivity contribution in [1.82, 2.24) is 0 Å². The monoisotopic (exact) mass is 404 g/mol. The highest BCUT2D eigenvalue weighted by atomic mass is 19.4. The van der Waals surface area contributed by atoms with Gasteiger partial charge in [-0.3, -0.25) is 0 Å². The van der Waals surface area contributed by atoms with Gasteiger partial charge in [0.05, 0.1) is 0 Å². The molecule has 12 heteroatoms. The Hall–Kier alpha value is -1.59. The Morgan fingerprint density at radius 2 is 1.31 bits per heavy atom. The second-order valence-electron chi connectivity index (χ2n) is 5.35. The number of aliphatic hydroxyl groups is 1. The van der Waals surface area contributed by atoms with Crippen molar-refractivity contribution in [1.29, 1.82) is 0 Å². The number of rotatable bonds is 6. The Kier molecular flexibility index (Phi) is 5.64. The minimum atomic E-state index is -7.54. The van der Waals surface area contributed by atoms with E-state index in [1.165, 1.54) is 13.0 Å². The van der Waals surface area contributed by atoms with Crippen LogP contribution in [0, 0.1) is 0 Å². The van der Waals surface area contributed by atoms with Crippen LogP contribution in [-0.2, 0) is 6.42 Å². The highest BCUT2D eigenvalue weighted by molar-refractivity contribution is 5.27. The van der Waals surface area contributed by atoms with E-state index >= 15 is 0 Å². The van der Waals surface area contributed by atoms with E-state index in [4.69, 9.17) is 0 Å². The van der Waals surface area contributed by atoms with Crippen molar-refractivity contribution in [3.63, 3.8) is 0 Å². The average molecular weight is 404 g/mol. The summed E-state index contributed by atoms with van der Waals surface area (Å²) in [6.45, 7) is 1.48. The first-order valence-corrected chi connectivity index (χ1v) is 6.80. The second-order valence-corrected chi connectivity index (χ2v) is 5.35. The van der Waals surface area contributed by atoms with Gasteiger partial charge in [0.1, 0.15) is 6.10 Å². The number of hydrogen-bond donors (Lipinski definition) is 1. The first kappa shape index (κ1) is 22.5. The molecule has 0 aromatic heterocycles. The van der Waals surface area contributed by atoms with Gasteiger partial charge >= 0.3 is 29.9 Å². The van der Waals surface area contributed by atoms with Crippen LogP contribution in [0.1, 0.15) is 24.2 Å². The van der Waals surface area contributed by atoms with Gasteiger partial charge in [-0.1, -0.05) is 31.2 Å². The third-order valence-corrected chi connectivity index (χ3v) is 3.58. The van der Waals surface area contributed by atoms with E-state index in [1.807, 2.05) is 0 Å². The number of benzene rings is 1. The molecule has 0 radical (unpaired) electrons. The average Bonchev–Trinajstić information content (AvgIpc) is 2.52. The molecule has 0 aliphatic rings. The van der Waals surface area contributed by atoms with Gasteiger partial charge in [0.2, 0.25) is 0 Å². The van der Waals surface area contributed by atoms with Gasteiger partial charge in [0.15, 0.2) is 0 Å². The third kappa shape index (κ3) is 3.23. The van der Waals surface area contributed by atoms with Gasteiger partial charge in [0, 0.05) is 0 Å². The fourth-order valence-corrected chi connectivity index (χ4v) is 1.95. The predicted octanol–water partition coefficient (Wildman–Crippen LogP) is 5.39. The van der Waals surface area contributed by atoms with Gasteiger partial charge in [0.25, 0.3) is 0 Å². The van der Waals surface area contributed by atoms with E-state index in [9.17, 15) is 53.4 Å². The van der Waals surface area contributed by atoms with Crippen molar-refractivity contribution in [2.24, 2.45) is 0 Å². The first-order chi connectivity index (χ1) is 11.4. The van der Waals surface area contributed by atoms with E-state index in [-0.39, 0.29) is 12.0 Å². The summed E-state index contributed by atoms with van der Waals surface area (Å²) in [5.74, 6) is -28.6. The zero-order valence-electron chi connectivity index (χ0n) is 12.7. The number of alkyl halides is 11. The molecule has 1 atom stereocenters. The number of halogens is 11. The molecule has 26 heavy (non-hydrogen) atoms. The molecule has 0 aliphatic carbocycles. The standard InChI is InChI=1S/C14H11F11O/c1-2-7-4-3-5-8(6-7)9(26)10(15,16)11(17,18)12(19,20)13(21,22)14(23,24)25/h3-6,9,26H,2H2,1H3. The maximum Gasteiger partial charge on any atom is 0.460 e. The molecule has 0 spiro atoms. The molecule has 1 rings (SSSR count). The summed E-state index contributed by atoms with van der Waals surface area (Å²) < 4.78 is 142. The van der Waals surface area contributed by atoms with E-state index in [0.717, 1.165) is 6.07 Å². The van der Waals surface area contributed by atoms with Crippen molar-refractivity contribution in [2.45, 2.75) is 49.3 Å². The molecule has 0 saturated heterocycles. The third-order valence-electron chi connectivity index (χ3n) is 3.58. The first-order valence-electron chi connectivity index (χ1n) is 6.80. The van der Waals surface area contributed by atoms with Crippen molar-refractivity contribution >= 4 is 0 Å². The summed E-state index contributed by atoms with van der Waals surface area (Å²) in [6.07, 6.45) is -10.9. The Labute approximate surface area is 139 Å². The molecule has 0 aliphatic heterocycles. The zero-order chi connectivity index (χ0) is 20.8. The van der Waals surface area contributed by atoms with Gasteiger partial charge in [-0.25, -0.2) is 0 Å². The molecule has 1 unspecified atom stereocenters. The smallest absolute Gasteiger partial charge is 0.382 e. The normalized spacial score (nSPS) is 15.9. The lowest BCUT2D eigenvalue weighted by atomic mass is 9.91. The highest BCUT2D eigenvalue weighted by Gasteiger charge is 2.88. The van der Waals surface area contributed by atoms with Crippen LogP contribution in [0.3, 0.4) is 0 Å². The second kappa shape index (κ2) is 6.54. The molecule has 0 saturated carbocycles. The van der Waals surface area contributed by atoms with E-state index < -0.39 is 41.5 Å². The van der Waals surface area contributed by atoms with Crippen molar-refractivity contribution in [2.75, 3.05) is 0 Å². The molecule has 0 heterocycles. The van der Waals surface area contributed by atoms with Crippen LogP contribution < -0.4 is 0 Å². The Balaban J connectivity index is 3.43. The lowest BCUT2D eigenvalue weighted by Gasteiger charge is -2.38. The van der Waals surface area contributed by atoms with Crippen LogP contribution in [0.4, 0.5) is 48.3 Å². The molecule has 1 N–H and O–H groups in total. The van der Waals surface area contributed by atoms with Gasteiger partial charge < -0.3 is 5.11 Å². The largest absolute Gasteiger partial charge is 0.460 e. The van der Waals surface area contributed by atoms with Crippen LogP contribution in [0.2, 0.25) is 0 Å². The van der Waals surface area contributed by atoms with Crippen molar-refractivity contribution < 1.29 is 53.4 Å². The minimum Gasteiger partial charge on any atom is -0.382 e. The SMILES string of the molecule is CCc1cccc(C(O)C(F)(F)C(F)(F)C(F)(F)C(F)(F)C(F)(F)F)c1. The van der Waals surface area contributed by atoms with Gasteiger partial charge in [-0.2, -0.15) is 48.3 Å². The lowest BCUT2D eigenvalue weighted by molar-refractivity contribution is -0.429. The fourth-order valence-electron chi connectivity index (χ4n) is 1.95. The Morgan fingerprint density at radius 3 is 1.73 bits per heavy atom. The summed E-state index contributed by atoms with van der Waals surface area (Å²) in [5, 5.41) is 9.35. The number of aryl methyl sites for hydroxylation is 1. The fraction of sp³-hybridized carbons (Fsp3) is 0.571. The zero-order valence-corrected chi connectivity index (χ0v) is 12.7. The van der Waals surface area contributed by atoms with E-state index in [2.05, 4.69) is 0 Å². The quantitative estimate of drug-likeness (QED) is 0.631. The van der Waals surface area contributed by atoms with Crippen LogP contribution in [0.5, 0.6) is 0 Å². The van der Waals surface area contributed by atoms with Crippen LogP contribution >= 0.6 is 0 Å². The molecule has 0 amide bonds. The molecule has 0 bridgehead atoms. The maximum atomic E-state index is 13.7. The molecular formula is C14H11F11O. The van der Waals surface area contributed by atoms with Gasteiger partial charge in [-0.15, -0.1) is 0 Å². The summed E-state index contributed by atoms with van der Waals surface area (Å²) in [4.78, 5) is 0. The summed E-state index contributed by atoms with van der Waals surface area (Å²) >= 11 is 0. The number of aliphatic hydroxyl groups excluding tert-OH is 1. The summed E-state index contributed by atoms with van der Waals surface area (Å²) in [6, 6.07) is 3.58. The van der Waals surface area contributed by atoms with Crippen molar-refractivity contribution in [3.05, 3.63) is 35.4 Å². The van der Waals surface area contributed by atoms with Gasteiger partial charge in [-0.05, 0) is 17.5 Å². The molecule has 1 nitrogen and oxygen atoms in total. The molecule has 150 valence electrons. The molecule has 1 aromatic rings. The van der Waals surface area contributed by atoms with Crippen molar-refractivity contribution in [3.8, 4) is 0 Å². The molecule has 1 aromatic carbocycles. The Bertz CT molecular complexity index is 636. The molecule has 0 fully saturated rings. The van der Waals surface area contributed by atoms with Crippen LogP contribution in [-0.4, -0.2) is 35.0 Å². The predicted molar refractivity (Wildman–Crippen MR) is 66.6 cm³/mol. The lowest BCUT2D eigenvalue weighted by Crippen LogP contribution is -2.67. The Morgan fingerprint density at radius 1 is 0.808 bits per heavy atom. The number of hydrogen-bond acceptors (Lipinski definition) is 1. The maximum absolute atomic E-state index is 13.7. The minimum absolute atomic E-state index is 0.144. The van der Waals surface area contributed by atoms with Crippen LogP contribution in [0.15, 0.2) is 24.3 Å². The van der Waals surface area contributed by atoms with E-state index in [0.29, 0.717) is 12.1 Å². The summed E-state index contributed by atoms with van der Waals surface area (Å²) in [5.41, 5.74) is -0.867. The van der Waals surface area contributed by atoms with Crippen LogP contribution in [0.25, 0.3) is 0 Å². The topological polar surface area (TPSA) is 20.2 Å². The summed E-state index contributed by atoms with van der Waals surface area (Å²) in [7, 11) is 0. The van der Waals surface area contributed by atoms with E-state index in [1.54, 1.807) is 0 Å².